The van der Waals surface area contributed by atoms with E-state index in [1.54, 1.807) is 24.4 Å². The predicted molar refractivity (Wildman–Crippen MR) is 120 cm³/mol. The van der Waals surface area contributed by atoms with Crippen LogP contribution in [0.25, 0.3) is 44.4 Å². The minimum absolute atomic E-state index is 0.163. The molecule has 0 bridgehead atoms. The van der Waals surface area contributed by atoms with Crippen LogP contribution < -0.4 is 5.56 Å². The number of pyridine rings is 2. The van der Waals surface area contributed by atoms with Gasteiger partial charge in [-0.05, 0) is 29.3 Å². The summed E-state index contributed by atoms with van der Waals surface area (Å²) >= 11 is 0. The van der Waals surface area contributed by atoms with E-state index in [0.717, 1.165) is 33.5 Å². The number of rotatable bonds is 3. The molecule has 0 fully saturated rings. The number of nitrogens with one attached hydrogen (secondary N) is 1. The van der Waals surface area contributed by atoms with Crippen molar-refractivity contribution >= 4 is 10.9 Å². The first-order valence-corrected chi connectivity index (χ1v) is 9.67. The second kappa shape index (κ2) is 7.33. The largest absolute Gasteiger partial charge is 0.508 e. The first-order chi connectivity index (χ1) is 14.7. The first-order valence-electron chi connectivity index (χ1n) is 9.67. The first kappa shape index (κ1) is 17.9. The van der Waals surface area contributed by atoms with Crippen LogP contribution >= 0.6 is 0 Å². The molecule has 0 radical (unpaired) electrons. The molecular weight excluding hydrogens is 372 g/mol. The van der Waals surface area contributed by atoms with Crippen LogP contribution in [0.5, 0.6) is 5.75 Å². The van der Waals surface area contributed by atoms with Gasteiger partial charge in [-0.1, -0.05) is 72.8 Å². The summed E-state index contributed by atoms with van der Waals surface area (Å²) in [7, 11) is 0. The van der Waals surface area contributed by atoms with Crippen molar-refractivity contribution in [1.82, 2.24) is 9.97 Å². The molecule has 4 nitrogen and oxygen atoms in total. The van der Waals surface area contributed by atoms with Gasteiger partial charge in [-0.25, -0.2) is 4.98 Å². The number of phenols is 1. The Morgan fingerprint density at radius 3 is 2.07 bits per heavy atom. The molecule has 0 aliphatic carbocycles. The Bertz CT molecular complexity index is 1410. The summed E-state index contributed by atoms with van der Waals surface area (Å²) in [4.78, 5) is 20.5. The SMILES string of the molecule is O=c1[nH]cc(-c2cccc(O)c2)c2nc(-c3ccccc3)c(-c3ccccc3)cc12. The van der Waals surface area contributed by atoms with Gasteiger partial charge >= 0.3 is 0 Å². The molecule has 2 heterocycles. The van der Waals surface area contributed by atoms with Gasteiger partial charge in [0.05, 0.1) is 16.6 Å². The molecule has 0 aliphatic heterocycles. The molecule has 0 saturated carbocycles. The van der Waals surface area contributed by atoms with Crippen LogP contribution in [0.3, 0.4) is 0 Å². The van der Waals surface area contributed by atoms with Gasteiger partial charge in [-0.2, -0.15) is 0 Å². The number of hydrogen-bond acceptors (Lipinski definition) is 3. The highest BCUT2D eigenvalue weighted by Crippen LogP contribution is 2.35. The number of H-pyrrole nitrogens is 1. The summed E-state index contributed by atoms with van der Waals surface area (Å²) < 4.78 is 0. The van der Waals surface area contributed by atoms with Crippen molar-refractivity contribution in [2.45, 2.75) is 0 Å². The van der Waals surface area contributed by atoms with Crippen molar-refractivity contribution in [3.63, 3.8) is 0 Å². The van der Waals surface area contributed by atoms with Crippen LogP contribution in [0.2, 0.25) is 0 Å². The third-order valence-electron chi connectivity index (χ3n) is 5.16. The van der Waals surface area contributed by atoms with Crippen LogP contribution in [0.15, 0.2) is 102 Å². The highest BCUT2D eigenvalue weighted by molar-refractivity contribution is 5.98. The maximum absolute atomic E-state index is 12.7. The molecule has 3 aromatic carbocycles. The number of phenolic OH excluding ortho intramolecular Hbond substituents is 1. The molecule has 0 unspecified atom stereocenters. The van der Waals surface area contributed by atoms with Crippen LogP contribution in [0.1, 0.15) is 0 Å². The third kappa shape index (κ3) is 3.14. The zero-order chi connectivity index (χ0) is 20.5. The quantitative estimate of drug-likeness (QED) is 0.420. The molecule has 0 aliphatic rings. The van der Waals surface area contributed by atoms with Gasteiger partial charge in [0.25, 0.3) is 5.56 Å². The van der Waals surface area contributed by atoms with Gasteiger partial charge in [-0.3, -0.25) is 4.79 Å². The van der Waals surface area contributed by atoms with E-state index in [4.69, 9.17) is 4.98 Å². The van der Waals surface area contributed by atoms with Gasteiger partial charge in [0, 0.05) is 22.9 Å². The van der Waals surface area contributed by atoms with Crippen LogP contribution in [0, 0.1) is 0 Å². The summed E-state index contributed by atoms with van der Waals surface area (Å²) in [5.41, 5.74) is 5.62. The summed E-state index contributed by atoms with van der Waals surface area (Å²) in [5.74, 6) is 0.163. The molecule has 0 amide bonds. The molecule has 2 aromatic heterocycles. The van der Waals surface area contributed by atoms with Gasteiger partial charge in [0.15, 0.2) is 0 Å². The molecule has 0 spiro atoms. The summed E-state index contributed by atoms with van der Waals surface area (Å²) in [6.07, 6.45) is 1.66. The minimum Gasteiger partial charge on any atom is -0.508 e. The molecule has 0 atom stereocenters. The predicted octanol–water partition coefficient (Wildman–Crippen LogP) is 5.63. The zero-order valence-corrected chi connectivity index (χ0v) is 16.0. The number of aromatic hydroxyl groups is 1. The second-order valence-corrected chi connectivity index (χ2v) is 7.09. The Kier molecular flexibility index (Phi) is 4.37. The number of aromatic amines is 1. The van der Waals surface area contributed by atoms with Crippen molar-refractivity contribution in [1.29, 1.82) is 0 Å². The number of hydrogen-bond donors (Lipinski definition) is 2. The molecule has 2 N–H and O–H groups in total. The monoisotopic (exact) mass is 390 g/mol. The summed E-state index contributed by atoms with van der Waals surface area (Å²) in [6.45, 7) is 0. The highest BCUT2D eigenvalue weighted by atomic mass is 16.3. The van der Waals surface area contributed by atoms with E-state index in [1.807, 2.05) is 72.8 Å². The fourth-order valence-corrected chi connectivity index (χ4v) is 3.72. The number of benzene rings is 3. The van der Waals surface area contributed by atoms with Crippen molar-refractivity contribution in [3.8, 4) is 39.3 Å². The van der Waals surface area contributed by atoms with E-state index in [1.165, 1.54) is 0 Å². The number of fused-ring (bicyclic) bond motifs is 1. The highest BCUT2D eigenvalue weighted by Gasteiger charge is 2.16. The standard InChI is InChI=1S/C26H18N2O2/c29-20-13-7-12-19(14-20)23-16-27-26(30)22-15-21(17-8-3-1-4-9-17)24(28-25(22)23)18-10-5-2-6-11-18/h1-16,29H,(H,27,30). The zero-order valence-electron chi connectivity index (χ0n) is 16.0. The van der Waals surface area contributed by atoms with Gasteiger partial charge in [-0.15, -0.1) is 0 Å². The fourth-order valence-electron chi connectivity index (χ4n) is 3.72. The fraction of sp³-hybridized carbons (Fsp3) is 0. The molecule has 30 heavy (non-hydrogen) atoms. The van der Waals surface area contributed by atoms with E-state index in [2.05, 4.69) is 4.98 Å². The van der Waals surface area contributed by atoms with Gasteiger partial charge in [0.1, 0.15) is 5.75 Å². The Hall–Kier alpha value is -4.18. The van der Waals surface area contributed by atoms with Crippen LogP contribution in [0.4, 0.5) is 0 Å². The van der Waals surface area contributed by atoms with Crippen LogP contribution in [-0.2, 0) is 0 Å². The summed E-state index contributed by atoms with van der Waals surface area (Å²) in [5, 5.41) is 10.4. The van der Waals surface area contributed by atoms with Crippen molar-refractivity contribution in [2.75, 3.05) is 0 Å². The average molecular weight is 390 g/mol. The maximum atomic E-state index is 12.7. The topological polar surface area (TPSA) is 66.0 Å². The molecular formula is C26H18N2O2. The summed E-state index contributed by atoms with van der Waals surface area (Å²) in [6, 6.07) is 28.8. The molecule has 5 rings (SSSR count). The van der Waals surface area contributed by atoms with E-state index in [0.29, 0.717) is 10.9 Å². The Morgan fingerprint density at radius 1 is 0.700 bits per heavy atom. The molecule has 4 heteroatoms. The second-order valence-electron chi connectivity index (χ2n) is 7.09. The lowest BCUT2D eigenvalue weighted by atomic mass is 9.96. The number of aromatic nitrogens is 2. The maximum Gasteiger partial charge on any atom is 0.257 e. The van der Waals surface area contributed by atoms with Crippen molar-refractivity contribution < 1.29 is 5.11 Å². The van der Waals surface area contributed by atoms with Crippen molar-refractivity contribution in [2.24, 2.45) is 0 Å². The number of nitrogens with zero attached hydrogens (tertiary/aromatic N) is 1. The Morgan fingerprint density at radius 2 is 1.37 bits per heavy atom. The smallest absolute Gasteiger partial charge is 0.257 e. The Labute approximate surface area is 173 Å². The van der Waals surface area contributed by atoms with E-state index < -0.39 is 0 Å². The lowest BCUT2D eigenvalue weighted by Crippen LogP contribution is -2.08. The molecule has 5 aromatic rings. The van der Waals surface area contributed by atoms with E-state index in [9.17, 15) is 9.90 Å². The normalized spacial score (nSPS) is 10.9. The average Bonchev–Trinajstić information content (AvgIpc) is 2.80. The van der Waals surface area contributed by atoms with E-state index >= 15 is 0 Å². The van der Waals surface area contributed by atoms with E-state index in [-0.39, 0.29) is 11.3 Å². The Balaban J connectivity index is 1.88. The lowest BCUT2D eigenvalue weighted by molar-refractivity contribution is 0.475. The minimum atomic E-state index is -0.196. The molecule has 144 valence electrons. The van der Waals surface area contributed by atoms with Crippen LogP contribution in [-0.4, -0.2) is 15.1 Å². The third-order valence-corrected chi connectivity index (χ3v) is 5.16. The lowest BCUT2D eigenvalue weighted by Gasteiger charge is -2.13. The van der Waals surface area contributed by atoms with Gasteiger partial charge < -0.3 is 10.1 Å². The van der Waals surface area contributed by atoms with Crippen molar-refractivity contribution in [3.05, 3.63) is 108 Å². The molecule has 0 saturated heterocycles. The van der Waals surface area contributed by atoms with Gasteiger partial charge in [0.2, 0.25) is 0 Å².